The number of thiazole rings is 1. The van der Waals surface area contributed by atoms with Crippen molar-refractivity contribution < 1.29 is 14.4 Å². The lowest BCUT2D eigenvalue weighted by Gasteiger charge is -2.29. The highest BCUT2D eigenvalue weighted by Gasteiger charge is 2.40. The maximum absolute atomic E-state index is 12.8. The first-order chi connectivity index (χ1) is 12.1. The number of carbonyl (C=O) groups excluding carboxylic acids is 3. The first kappa shape index (κ1) is 16.0. The predicted molar refractivity (Wildman–Crippen MR) is 93.9 cm³/mol. The molecule has 0 atom stereocenters. The molecule has 2 aliphatic rings. The summed E-state index contributed by atoms with van der Waals surface area (Å²) in [4.78, 5) is 43.1. The summed E-state index contributed by atoms with van der Waals surface area (Å²) in [5.74, 6) is -0.858. The third-order valence-corrected chi connectivity index (χ3v) is 5.46. The number of hydrogen-bond donors (Lipinski definition) is 1. The monoisotopic (exact) mass is 355 g/mol. The number of hydrogen-bond acceptors (Lipinski definition) is 5. The zero-order valence-corrected chi connectivity index (χ0v) is 14.3. The van der Waals surface area contributed by atoms with E-state index in [1.807, 2.05) is 0 Å². The minimum atomic E-state index is -0.339. The van der Waals surface area contributed by atoms with Crippen molar-refractivity contribution in [2.24, 2.45) is 0 Å². The Labute approximate surface area is 148 Å². The van der Waals surface area contributed by atoms with Crippen LogP contribution in [0.1, 0.15) is 63.2 Å². The van der Waals surface area contributed by atoms with E-state index in [2.05, 4.69) is 10.3 Å². The van der Waals surface area contributed by atoms with Crippen LogP contribution in [0.5, 0.6) is 0 Å². The Bertz CT molecular complexity index is 841. The highest BCUT2D eigenvalue weighted by atomic mass is 32.1. The number of nitrogens with one attached hydrogen (secondary N) is 1. The lowest BCUT2D eigenvalue weighted by Crippen LogP contribution is -2.40. The van der Waals surface area contributed by atoms with E-state index >= 15 is 0 Å². The van der Waals surface area contributed by atoms with E-state index in [1.54, 1.807) is 23.7 Å². The second kappa shape index (κ2) is 6.40. The van der Waals surface area contributed by atoms with E-state index in [0.29, 0.717) is 21.8 Å². The largest absolute Gasteiger partial charge is 0.298 e. The molecule has 128 valence electrons. The second-order valence-electron chi connectivity index (χ2n) is 6.32. The average Bonchev–Trinajstić information content (AvgIpc) is 3.23. The molecular weight excluding hydrogens is 338 g/mol. The lowest BCUT2D eigenvalue weighted by atomic mass is 9.94. The van der Waals surface area contributed by atoms with Gasteiger partial charge in [-0.25, -0.2) is 4.98 Å². The highest BCUT2D eigenvalue weighted by Crippen LogP contribution is 2.31. The van der Waals surface area contributed by atoms with Gasteiger partial charge < -0.3 is 0 Å². The van der Waals surface area contributed by atoms with Gasteiger partial charge >= 0.3 is 0 Å². The van der Waals surface area contributed by atoms with Crippen LogP contribution in [0.3, 0.4) is 0 Å². The van der Waals surface area contributed by atoms with Gasteiger partial charge in [-0.1, -0.05) is 19.3 Å². The van der Waals surface area contributed by atoms with Crippen molar-refractivity contribution in [3.8, 4) is 0 Å². The summed E-state index contributed by atoms with van der Waals surface area (Å²) in [6.45, 7) is 0. The quantitative estimate of drug-likeness (QED) is 0.857. The molecular formula is C18H17N3O3S. The van der Waals surface area contributed by atoms with Gasteiger partial charge in [-0.3, -0.25) is 24.6 Å². The van der Waals surface area contributed by atoms with Gasteiger partial charge in [0.2, 0.25) is 0 Å². The van der Waals surface area contributed by atoms with Crippen LogP contribution >= 0.6 is 11.3 Å². The molecule has 1 N–H and O–H groups in total. The SMILES string of the molecule is O=C(Nc1nccs1)c1ccc2c(c1)C(=O)N(C1CCCCC1)C2=O. The summed E-state index contributed by atoms with van der Waals surface area (Å²) in [7, 11) is 0. The van der Waals surface area contributed by atoms with E-state index < -0.39 is 0 Å². The summed E-state index contributed by atoms with van der Waals surface area (Å²) < 4.78 is 0. The summed E-state index contributed by atoms with van der Waals surface area (Å²) in [5.41, 5.74) is 1.06. The zero-order valence-electron chi connectivity index (χ0n) is 13.5. The normalized spacial score (nSPS) is 17.7. The summed E-state index contributed by atoms with van der Waals surface area (Å²) in [6.07, 6.45) is 6.57. The smallest absolute Gasteiger partial charge is 0.261 e. The number of aromatic nitrogens is 1. The molecule has 6 nitrogen and oxygen atoms in total. The molecule has 1 fully saturated rings. The van der Waals surface area contributed by atoms with Crippen molar-refractivity contribution in [1.29, 1.82) is 0 Å². The van der Waals surface area contributed by atoms with E-state index in [-0.39, 0.29) is 23.8 Å². The van der Waals surface area contributed by atoms with E-state index in [1.165, 1.54) is 22.3 Å². The van der Waals surface area contributed by atoms with E-state index in [0.717, 1.165) is 32.1 Å². The van der Waals surface area contributed by atoms with Gasteiger partial charge in [-0.2, -0.15) is 0 Å². The number of fused-ring (bicyclic) bond motifs is 1. The predicted octanol–water partition coefficient (Wildman–Crippen LogP) is 3.32. The molecule has 25 heavy (non-hydrogen) atoms. The second-order valence-corrected chi connectivity index (χ2v) is 7.22. The highest BCUT2D eigenvalue weighted by molar-refractivity contribution is 7.13. The molecule has 2 heterocycles. The average molecular weight is 355 g/mol. The van der Waals surface area contributed by atoms with Gasteiger partial charge in [0.25, 0.3) is 17.7 Å². The topological polar surface area (TPSA) is 79.4 Å². The molecule has 0 saturated heterocycles. The van der Waals surface area contributed by atoms with Crippen LogP contribution in [0.25, 0.3) is 0 Å². The molecule has 4 rings (SSSR count). The number of anilines is 1. The molecule has 2 aromatic rings. The Balaban J connectivity index is 1.59. The van der Waals surface area contributed by atoms with Crippen molar-refractivity contribution in [3.05, 3.63) is 46.5 Å². The number of nitrogens with zero attached hydrogens (tertiary/aromatic N) is 2. The molecule has 0 spiro atoms. The summed E-state index contributed by atoms with van der Waals surface area (Å²) in [6, 6.07) is 4.65. The molecule has 3 amide bonds. The molecule has 0 unspecified atom stereocenters. The van der Waals surface area contributed by atoms with Crippen LogP contribution in [0.2, 0.25) is 0 Å². The molecule has 7 heteroatoms. The fraction of sp³-hybridized carbons (Fsp3) is 0.333. The maximum atomic E-state index is 12.8. The van der Waals surface area contributed by atoms with Crippen molar-refractivity contribution >= 4 is 34.2 Å². The molecule has 0 bridgehead atoms. The zero-order chi connectivity index (χ0) is 17.4. The molecule has 1 aliphatic heterocycles. The molecule has 1 aromatic heterocycles. The van der Waals surface area contributed by atoms with Crippen molar-refractivity contribution in [2.75, 3.05) is 5.32 Å². The van der Waals surface area contributed by atoms with Gasteiger partial charge in [0.15, 0.2) is 5.13 Å². The summed E-state index contributed by atoms with van der Waals surface area (Å²) in [5, 5.41) is 4.95. The number of amides is 3. The van der Waals surface area contributed by atoms with E-state index in [4.69, 9.17) is 0 Å². The number of imide groups is 1. The molecule has 0 radical (unpaired) electrons. The third kappa shape index (κ3) is 2.84. The first-order valence-corrected chi connectivity index (χ1v) is 9.26. The number of rotatable bonds is 3. The lowest BCUT2D eigenvalue weighted by molar-refractivity contribution is 0.0549. The van der Waals surface area contributed by atoms with Crippen LogP contribution in [-0.4, -0.2) is 33.6 Å². The van der Waals surface area contributed by atoms with E-state index in [9.17, 15) is 14.4 Å². The Hall–Kier alpha value is -2.54. The fourth-order valence-corrected chi connectivity index (χ4v) is 4.05. The minimum Gasteiger partial charge on any atom is -0.298 e. The van der Waals surface area contributed by atoms with Gasteiger partial charge in [0.1, 0.15) is 0 Å². The number of benzene rings is 1. The van der Waals surface area contributed by atoms with Crippen LogP contribution < -0.4 is 5.32 Å². The van der Waals surface area contributed by atoms with Crippen molar-refractivity contribution in [1.82, 2.24) is 9.88 Å². The summed E-state index contributed by atoms with van der Waals surface area (Å²) >= 11 is 1.32. The van der Waals surface area contributed by atoms with Crippen molar-refractivity contribution in [3.63, 3.8) is 0 Å². The van der Waals surface area contributed by atoms with Gasteiger partial charge in [0.05, 0.1) is 11.1 Å². The number of carbonyl (C=O) groups is 3. The third-order valence-electron chi connectivity index (χ3n) is 4.77. The Morgan fingerprint density at radius 1 is 1.12 bits per heavy atom. The first-order valence-electron chi connectivity index (χ1n) is 8.38. The maximum Gasteiger partial charge on any atom is 0.261 e. The molecule has 1 saturated carbocycles. The van der Waals surface area contributed by atoms with Gasteiger partial charge in [-0.15, -0.1) is 11.3 Å². The van der Waals surface area contributed by atoms with Crippen LogP contribution in [-0.2, 0) is 0 Å². The van der Waals surface area contributed by atoms with Gasteiger partial charge in [0, 0.05) is 23.2 Å². The van der Waals surface area contributed by atoms with Crippen molar-refractivity contribution in [2.45, 2.75) is 38.1 Å². The fourth-order valence-electron chi connectivity index (χ4n) is 3.53. The van der Waals surface area contributed by atoms with Crippen LogP contribution in [0.15, 0.2) is 29.8 Å². The van der Waals surface area contributed by atoms with Crippen LogP contribution in [0, 0.1) is 0 Å². The Morgan fingerprint density at radius 2 is 1.88 bits per heavy atom. The Morgan fingerprint density at radius 3 is 2.60 bits per heavy atom. The van der Waals surface area contributed by atoms with Gasteiger partial charge in [-0.05, 0) is 31.0 Å². The Kier molecular flexibility index (Phi) is 4.09. The standard InChI is InChI=1S/C18H17N3O3S/c22-15(20-18-19-8-9-25-18)11-6-7-13-14(10-11)17(24)21(16(13)23)12-4-2-1-3-5-12/h6-10,12H,1-5H2,(H,19,20,22). The molecule has 1 aliphatic carbocycles. The van der Waals surface area contributed by atoms with Crippen LogP contribution in [0.4, 0.5) is 5.13 Å². The minimum absolute atomic E-state index is 0.0197. The molecule has 1 aromatic carbocycles.